The van der Waals surface area contributed by atoms with Gasteiger partial charge in [0, 0.05) is 39.6 Å². The van der Waals surface area contributed by atoms with E-state index < -0.39 is 5.60 Å². The van der Waals surface area contributed by atoms with Crippen molar-refractivity contribution in [2.75, 3.05) is 13.6 Å². The summed E-state index contributed by atoms with van der Waals surface area (Å²) in [5.41, 5.74) is 0.662. The van der Waals surface area contributed by atoms with Crippen LogP contribution in [-0.2, 0) is 13.6 Å². The minimum atomic E-state index is -0.551. The molecule has 0 amide bonds. The van der Waals surface area contributed by atoms with Gasteiger partial charge in [0.25, 0.3) is 0 Å². The van der Waals surface area contributed by atoms with Crippen molar-refractivity contribution in [3.8, 4) is 0 Å². The molecule has 6 heteroatoms. The summed E-state index contributed by atoms with van der Waals surface area (Å²) in [6.45, 7) is 1.31. The Labute approximate surface area is 137 Å². The number of guanidine groups is 1. The predicted octanol–water partition coefficient (Wildman–Crippen LogP) is 1.61. The molecule has 3 N–H and O–H groups in total. The Morgan fingerprint density at radius 1 is 1.40 bits per heavy atom. The monoisotopic (exact) mass is 392 g/mol. The van der Waals surface area contributed by atoms with E-state index in [9.17, 15) is 5.11 Å². The standard InChI is InChI=1S/C14H24N4O.HI/c1-15-13(16-9-12-5-8-18(2)10-12)17-11-14(19)6-3-4-7-14;/h5,8,10,19H,3-4,6-7,9,11H2,1-2H3,(H2,15,16,17);1H. The van der Waals surface area contributed by atoms with Crippen LogP contribution in [0, 0.1) is 0 Å². The van der Waals surface area contributed by atoms with Gasteiger partial charge < -0.3 is 20.3 Å². The van der Waals surface area contributed by atoms with E-state index in [1.54, 1.807) is 7.05 Å². The van der Waals surface area contributed by atoms with Crippen molar-refractivity contribution in [3.05, 3.63) is 24.0 Å². The molecule has 20 heavy (non-hydrogen) atoms. The second-order valence-corrected chi connectivity index (χ2v) is 5.40. The highest BCUT2D eigenvalue weighted by Gasteiger charge is 2.30. The van der Waals surface area contributed by atoms with E-state index in [2.05, 4.69) is 27.9 Å². The van der Waals surface area contributed by atoms with Crippen LogP contribution >= 0.6 is 24.0 Å². The molecule has 2 rings (SSSR count). The number of aryl methyl sites for hydroxylation is 1. The number of aliphatic imine (C=N–C) groups is 1. The molecule has 1 heterocycles. The smallest absolute Gasteiger partial charge is 0.191 e. The number of hydrogen-bond donors (Lipinski definition) is 3. The Morgan fingerprint density at radius 3 is 2.65 bits per heavy atom. The molecule has 1 fully saturated rings. The van der Waals surface area contributed by atoms with Crippen LogP contribution in [-0.4, -0.2) is 34.8 Å². The molecule has 0 saturated heterocycles. The van der Waals surface area contributed by atoms with Gasteiger partial charge in [-0.2, -0.15) is 0 Å². The second kappa shape index (κ2) is 7.87. The number of rotatable bonds is 4. The lowest BCUT2D eigenvalue weighted by Crippen LogP contribution is -2.45. The normalized spacial score (nSPS) is 17.6. The van der Waals surface area contributed by atoms with Crippen LogP contribution in [0.15, 0.2) is 23.5 Å². The van der Waals surface area contributed by atoms with Crippen molar-refractivity contribution >= 4 is 29.9 Å². The Hall–Kier alpha value is -0.760. The van der Waals surface area contributed by atoms with E-state index in [0.29, 0.717) is 6.54 Å². The van der Waals surface area contributed by atoms with Crippen molar-refractivity contribution in [3.63, 3.8) is 0 Å². The summed E-state index contributed by atoms with van der Waals surface area (Å²) in [6.07, 6.45) is 8.10. The van der Waals surface area contributed by atoms with Gasteiger partial charge in [0.2, 0.25) is 0 Å². The van der Waals surface area contributed by atoms with Crippen LogP contribution in [0.1, 0.15) is 31.2 Å². The Bertz CT molecular complexity index is 438. The Balaban J connectivity index is 0.00000200. The van der Waals surface area contributed by atoms with Gasteiger partial charge in [0.15, 0.2) is 5.96 Å². The van der Waals surface area contributed by atoms with Crippen molar-refractivity contribution in [1.29, 1.82) is 0 Å². The summed E-state index contributed by atoms with van der Waals surface area (Å²) >= 11 is 0. The minimum absolute atomic E-state index is 0. The van der Waals surface area contributed by atoms with Gasteiger partial charge in [-0.25, -0.2) is 0 Å². The fraction of sp³-hybridized carbons (Fsp3) is 0.643. The summed E-state index contributed by atoms with van der Waals surface area (Å²) in [5, 5.41) is 16.7. The van der Waals surface area contributed by atoms with Crippen LogP contribution in [0.2, 0.25) is 0 Å². The van der Waals surface area contributed by atoms with Crippen LogP contribution in [0.5, 0.6) is 0 Å². The molecule has 1 saturated carbocycles. The Morgan fingerprint density at radius 2 is 2.10 bits per heavy atom. The van der Waals surface area contributed by atoms with Crippen molar-refractivity contribution < 1.29 is 5.11 Å². The van der Waals surface area contributed by atoms with E-state index >= 15 is 0 Å². The molecule has 0 unspecified atom stereocenters. The maximum Gasteiger partial charge on any atom is 0.191 e. The molecule has 0 atom stereocenters. The summed E-state index contributed by atoms with van der Waals surface area (Å²) in [4.78, 5) is 4.18. The van der Waals surface area contributed by atoms with Gasteiger partial charge in [-0.1, -0.05) is 12.8 Å². The third-order valence-electron chi connectivity index (χ3n) is 3.70. The molecular formula is C14H25IN4O. The van der Waals surface area contributed by atoms with Gasteiger partial charge in [0.1, 0.15) is 0 Å². The largest absolute Gasteiger partial charge is 0.388 e. The first-order chi connectivity index (χ1) is 9.11. The van der Waals surface area contributed by atoms with E-state index in [-0.39, 0.29) is 24.0 Å². The molecule has 1 aliphatic carbocycles. The molecule has 0 spiro atoms. The number of hydrogen-bond acceptors (Lipinski definition) is 2. The van der Waals surface area contributed by atoms with Gasteiger partial charge in [-0.3, -0.25) is 4.99 Å². The minimum Gasteiger partial charge on any atom is -0.388 e. The molecule has 1 aromatic heterocycles. The maximum absolute atomic E-state index is 10.3. The number of aliphatic hydroxyl groups is 1. The van der Waals surface area contributed by atoms with Crippen LogP contribution in [0.4, 0.5) is 0 Å². The lowest BCUT2D eigenvalue weighted by Gasteiger charge is -2.23. The van der Waals surface area contributed by atoms with Crippen LogP contribution < -0.4 is 10.6 Å². The second-order valence-electron chi connectivity index (χ2n) is 5.40. The maximum atomic E-state index is 10.3. The van der Waals surface area contributed by atoms with Crippen molar-refractivity contribution in [1.82, 2.24) is 15.2 Å². The van der Waals surface area contributed by atoms with Crippen LogP contribution in [0.3, 0.4) is 0 Å². The SMILES string of the molecule is CN=C(NCc1ccn(C)c1)NCC1(O)CCCC1.I. The fourth-order valence-corrected chi connectivity index (χ4v) is 2.53. The van der Waals surface area contributed by atoms with Gasteiger partial charge in [0.05, 0.1) is 5.60 Å². The molecule has 1 aromatic rings. The number of nitrogens with zero attached hydrogens (tertiary/aromatic N) is 2. The third-order valence-corrected chi connectivity index (χ3v) is 3.70. The number of halogens is 1. The van der Waals surface area contributed by atoms with E-state index in [0.717, 1.165) is 38.2 Å². The summed E-state index contributed by atoms with van der Waals surface area (Å²) in [6, 6.07) is 2.07. The highest BCUT2D eigenvalue weighted by Crippen LogP contribution is 2.28. The van der Waals surface area contributed by atoms with E-state index in [1.165, 1.54) is 5.56 Å². The quantitative estimate of drug-likeness (QED) is 0.415. The fourth-order valence-electron chi connectivity index (χ4n) is 2.53. The van der Waals surface area contributed by atoms with Crippen molar-refractivity contribution in [2.24, 2.45) is 12.0 Å². The van der Waals surface area contributed by atoms with E-state index in [4.69, 9.17) is 0 Å². The van der Waals surface area contributed by atoms with Crippen LogP contribution in [0.25, 0.3) is 0 Å². The number of aromatic nitrogens is 1. The topological polar surface area (TPSA) is 61.6 Å². The lowest BCUT2D eigenvalue weighted by molar-refractivity contribution is 0.0522. The summed E-state index contributed by atoms with van der Waals surface area (Å²) in [7, 11) is 3.76. The van der Waals surface area contributed by atoms with Gasteiger partial charge >= 0.3 is 0 Å². The summed E-state index contributed by atoms with van der Waals surface area (Å²) < 4.78 is 2.02. The zero-order valence-corrected chi connectivity index (χ0v) is 14.6. The summed E-state index contributed by atoms with van der Waals surface area (Å²) in [5.74, 6) is 0.740. The lowest BCUT2D eigenvalue weighted by atomic mass is 10.0. The first-order valence-corrected chi connectivity index (χ1v) is 6.89. The molecule has 0 radical (unpaired) electrons. The first-order valence-electron chi connectivity index (χ1n) is 6.89. The highest BCUT2D eigenvalue weighted by atomic mass is 127. The average molecular weight is 392 g/mol. The van der Waals surface area contributed by atoms with Crippen molar-refractivity contribution in [2.45, 2.75) is 37.8 Å². The predicted molar refractivity (Wildman–Crippen MR) is 92.4 cm³/mol. The zero-order chi connectivity index (χ0) is 13.7. The molecule has 0 aromatic carbocycles. The number of nitrogens with one attached hydrogen (secondary N) is 2. The third kappa shape index (κ3) is 4.97. The molecule has 5 nitrogen and oxygen atoms in total. The first kappa shape index (κ1) is 17.3. The molecule has 0 bridgehead atoms. The zero-order valence-electron chi connectivity index (χ0n) is 12.2. The molecular weight excluding hydrogens is 367 g/mol. The Kier molecular flexibility index (Phi) is 6.81. The van der Waals surface area contributed by atoms with E-state index in [1.807, 2.05) is 17.8 Å². The average Bonchev–Trinajstić information content (AvgIpc) is 2.99. The van der Waals surface area contributed by atoms with Gasteiger partial charge in [-0.05, 0) is 24.5 Å². The molecule has 0 aliphatic heterocycles. The molecule has 1 aliphatic rings. The van der Waals surface area contributed by atoms with Gasteiger partial charge in [-0.15, -0.1) is 24.0 Å². The molecule has 114 valence electrons. The highest BCUT2D eigenvalue weighted by molar-refractivity contribution is 14.0.